The van der Waals surface area contributed by atoms with Crippen molar-refractivity contribution >= 4 is 17.6 Å². The Morgan fingerprint density at radius 1 is 1.50 bits per heavy atom. The van der Waals surface area contributed by atoms with Gasteiger partial charge in [0.05, 0.1) is 19.2 Å². The molecular weight excluding hydrogens is 236 g/mol. The largest absolute Gasteiger partial charge is 0.467 e. The first-order chi connectivity index (χ1) is 8.47. The third kappa shape index (κ3) is 3.21. The zero-order chi connectivity index (χ0) is 13.7. The monoisotopic (exact) mass is 252 g/mol. The minimum atomic E-state index is -1.38. The van der Waals surface area contributed by atoms with Gasteiger partial charge in [0.15, 0.2) is 6.10 Å². The molecule has 0 saturated heterocycles. The highest BCUT2D eigenvalue weighted by atomic mass is 16.5. The van der Waals surface area contributed by atoms with Crippen LogP contribution >= 0.6 is 0 Å². The smallest absolute Gasteiger partial charge is 0.336 e. The van der Waals surface area contributed by atoms with Crippen molar-refractivity contribution in [1.29, 1.82) is 0 Å². The van der Waals surface area contributed by atoms with E-state index in [4.69, 9.17) is 5.73 Å². The third-order valence-corrected chi connectivity index (χ3v) is 2.50. The van der Waals surface area contributed by atoms with Gasteiger partial charge >= 0.3 is 5.97 Å². The number of aliphatic hydroxyl groups is 1. The van der Waals surface area contributed by atoms with Crippen LogP contribution in [0.25, 0.3) is 0 Å². The molecule has 18 heavy (non-hydrogen) atoms. The van der Waals surface area contributed by atoms with Gasteiger partial charge in [-0.3, -0.25) is 4.79 Å². The highest BCUT2D eigenvalue weighted by Gasteiger charge is 2.17. The summed E-state index contributed by atoms with van der Waals surface area (Å²) in [5.74, 6) is -1.24. The summed E-state index contributed by atoms with van der Waals surface area (Å²) < 4.78 is 4.33. The highest BCUT2D eigenvalue weighted by molar-refractivity contribution is 5.99. The second-order valence-electron chi connectivity index (χ2n) is 3.79. The predicted octanol–water partition coefficient (Wildman–Crippen LogP) is -0.159. The van der Waals surface area contributed by atoms with Gasteiger partial charge in [-0.15, -0.1) is 0 Å². The number of hydrogen-bond donors (Lipinski definition) is 3. The molecule has 1 aromatic rings. The molecule has 0 aliphatic carbocycles. The van der Waals surface area contributed by atoms with E-state index < -0.39 is 18.0 Å². The molecule has 1 rings (SSSR count). The van der Waals surface area contributed by atoms with E-state index in [1.54, 1.807) is 25.1 Å². The first-order valence-electron chi connectivity index (χ1n) is 5.36. The van der Waals surface area contributed by atoms with Crippen molar-refractivity contribution in [3.63, 3.8) is 0 Å². The van der Waals surface area contributed by atoms with Crippen LogP contribution in [0.4, 0.5) is 5.69 Å². The van der Waals surface area contributed by atoms with E-state index in [1.807, 2.05) is 0 Å². The van der Waals surface area contributed by atoms with Crippen LogP contribution in [0, 0.1) is 6.92 Å². The number of aliphatic hydroxyl groups excluding tert-OH is 1. The fourth-order valence-electron chi connectivity index (χ4n) is 1.38. The van der Waals surface area contributed by atoms with Crippen molar-refractivity contribution < 1.29 is 19.4 Å². The van der Waals surface area contributed by atoms with Gasteiger partial charge in [0.2, 0.25) is 0 Å². The maximum Gasteiger partial charge on any atom is 0.336 e. The van der Waals surface area contributed by atoms with E-state index in [0.717, 1.165) is 12.7 Å². The van der Waals surface area contributed by atoms with Gasteiger partial charge < -0.3 is 20.9 Å². The number of amides is 1. The summed E-state index contributed by atoms with van der Waals surface area (Å²) in [6.07, 6.45) is -1.38. The summed E-state index contributed by atoms with van der Waals surface area (Å²) in [7, 11) is 1.16. The second kappa shape index (κ2) is 6.02. The molecule has 0 heterocycles. The Hall–Kier alpha value is -2.08. The van der Waals surface area contributed by atoms with Crippen molar-refractivity contribution in [2.45, 2.75) is 13.0 Å². The molecule has 0 aliphatic heterocycles. The summed E-state index contributed by atoms with van der Waals surface area (Å²) in [4.78, 5) is 22.7. The molecular formula is C12H16N2O4. The molecule has 1 atom stereocenters. The summed E-state index contributed by atoms with van der Waals surface area (Å²) in [5.41, 5.74) is 7.24. The van der Waals surface area contributed by atoms with Crippen LogP contribution < -0.4 is 11.1 Å². The van der Waals surface area contributed by atoms with Gasteiger partial charge in [-0.1, -0.05) is 12.1 Å². The molecule has 6 heteroatoms. The van der Waals surface area contributed by atoms with Gasteiger partial charge in [-0.2, -0.15) is 0 Å². The number of para-hydroxylation sites is 1. The molecule has 0 aromatic heterocycles. The van der Waals surface area contributed by atoms with Gasteiger partial charge in [0.25, 0.3) is 5.91 Å². The van der Waals surface area contributed by atoms with Crippen molar-refractivity contribution in [2.75, 3.05) is 19.4 Å². The number of nitrogen functional groups attached to an aromatic ring is 1. The van der Waals surface area contributed by atoms with Gasteiger partial charge in [0, 0.05) is 5.69 Å². The Bertz CT molecular complexity index is 459. The minimum Gasteiger partial charge on any atom is -0.467 e. The fourth-order valence-corrected chi connectivity index (χ4v) is 1.38. The number of nitrogens with two attached hydrogens (primary N) is 1. The van der Waals surface area contributed by atoms with Crippen molar-refractivity contribution in [3.05, 3.63) is 29.3 Å². The Morgan fingerprint density at radius 2 is 2.17 bits per heavy atom. The van der Waals surface area contributed by atoms with E-state index in [9.17, 15) is 14.7 Å². The third-order valence-electron chi connectivity index (χ3n) is 2.50. The van der Waals surface area contributed by atoms with Crippen molar-refractivity contribution in [3.8, 4) is 0 Å². The predicted molar refractivity (Wildman–Crippen MR) is 65.9 cm³/mol. The van der Waals surface area contributed by atoms with Crippen LogP contribution in [0.3, 0.4) is 0 Å². The molecule has 4 N–H and O–H groups in total. The number of benzene rings is 1. The molecule has 0 radical (unpaired) electrons. The van der Waals surface area contributed by atoms with Crippen LogP contribution in [0.1, 0.15) is 15.9 Å². The molecule has 0 spiro atoms. The second-order valence-corrected chi connectivity index (χ2v) is 3.79. The Balaban J connectivity index is 2.66. The summed E-state index contributed by atoms with van der Waals surface area (Å²) in [6, 6.07) is 5.06. The topological polar surface area (TPSA) is 102 Å². The van der Waals surface area contributed by atoms with E-state index in [0.29, 0.717) is 11.3 Å². The van der Waals surface area contributed by atoms with Crippen molar-refractivity contribution in [1.82, 2.24) is 5.32 Å². The first kappa shape index (κ1) is 14.0. The first-order valence-corrected chi connectivity index (χ1v) is 5.36. The lowest BCUT2D eigenvalue weighted by Crippen LogP contribution is -2.37. The number of ether oxygens (including phenoxy) is 1. The zero-order valence-corrected chi connectivity index (χ0v) is 10.3. The zero-order valence-electron chi connectivity index (χ0n) is 10.3. The lowest BCUT2D eigenvalue weighted by molar-refractivity contribution is -0.149. The summed E-state index contributed by atoms with van der Waals surface area (Å²) in [5, 5.41) is 11.7. The molecule has 0 bridgehead atoms. The average Bonchev–Trinajstić information content (AvgIpc) is 2.37. The average molecular weight is 252 g/mol. The van der Waals surface area contributed by atoms with Crippen LogP contribution in [-0.2, 0) is 9.53 Å². The molecule has 1 aromatic carbocycles. The maximum atomic E-state index is 11.8. The Labute approximate surface area is 105 Å². The van der Waals surface area contributed by atoms with Gasteiger partial charge in [-0.05, 0) is 18.6 Å². The van der Waals surface area contributed by atoms with E-state index in [2.05, 4.69) is 10.1 Å². The number of esters is 1. The fraction of sp³-hybridized carbons (Fsp3) is 0.333. The molecule has 0 saturated carbocycles. The Kier molecular flexibility index (Phi) is 4.67. The van der Waals surface area contributed by atoms with E-state index in [1.165, 1.54) is 0 Å². The van der Waals surface area contributed by atoms with Crippen molar-refractivity contribution in [2.24, 2.45) is 0 Å². The molecule has 6 nitrogen and oxygen atoms in total. The molecule has 0 fully saturated rings. The number of rotatable bonds is 4. The van der Waals surface area contributed by atoms with Crippen LogP contribution in [-0.4, -0.2) is 36.7 Å². The lowest BCUT2D eigenvalue weighted by atomic mass is 10.1. The molecule has 1 unspecified atom stereocenters. The quantitative estimate of drug-likeness (QED) is 0.510. The number of carbonyl (C=O) groups is 2. The SMILES string of the molecule is COC(=O)C(O)CNC(=O)c1cccc(C)c1N. The van der Waals surface area contributed by atoms with Crippen LogP contribution in [0.2, 0.25) is 0 Å². The van der Waals surface area contributed by atoms with Gasteiger partial charge in [-0.25, -0.2) is 4.79 Å². The number of nitrogens with one attached hydrogen (secondary N) is 1. The van der Waals surface area contributed by atoms with Crippen LogP contribution in [0.15, 0.2) is 18.2 Å². The van der Waals surface area contributed by atoms with E-state index in [-0.39, 0.29) is 6.54 Å². The number of carbonyl (C=O) groups excluding carboxylic acids is 2. The Morgan fingerprint density at radius 3 is 2.78 bits per heavy atom. The standard InChI is InChI=1S/C12H16N2O4/c1-7-4-3-5-8(10(7)13)11(16)14-6-9(15)12(17)18-2/h3-5,9,15H,6,13H2,1-2H3,(H,14,16). The molecule has 1 amide bonds. The van der Waals surface area contributed by atoms with Gasteiger partial charge in [0.1, 0.15) is 0 Å². The molecule has 0 aliphatic rings. The number of methoxy groups -OCH3 is 1. The van der Waals surface area contributed by atoms with E-state index >= 15 is 0 Å². The molecule has 98 valence electrons. The number of anilines is 1. The highest BCUT2D eigenvalue weighted by Crippen LogP contribution is 2.15. The summed E-state index contributed by atoms with van der Waals surface area (Å²) >= 11 is 0. The number of aryl methyl sites for hydroxylation is 1. The lowest BCUT2D eigenvalue weighted by Gasteiger charge is -2.11. The number of hydrogen-bond acceptors (Lipinski definition) is 5. The normalized spacial score (nSPS) is 11.7. The minimum absolute atomic E-state index is 0.223. The van der Waals surface area contributed by atoms with Crippen LogP contribution in [0.5, 0.6) is 0 Å². The summed E-state index contributed by atoms with van der Waals surface area (Å²) in [6.45, 7) is 1.56. The maximum absolute atomic E-state index is 11.8.